The van der Waals surface area contributed by atoms with Crippen LogP contribution in [0.1, 0.15) is 21.7 Å². The number of pyridine rings is 1. The van der Waals surface area contributed by atoms with Gasteiger partial charge in [-0.05, 0) is 30.2 Å². The molecule has 0 saturated carbocycles. The summed E-state index contributed by atoms with van der Waals surface area (Å²) in [7, 11) is 0. The molecule has 0 saturated heterocycles. The summed E-state index contributed by atoms with van der Waals surface area (Å²) in [5.41, 5.74) is 8.88. The van der Waals surface area contributed by atoms with Gasteiger partial charge in [0.2, 0.25) is 5.82 Å². The van der Waals surface area contributed by atoms with Crippen molar-refractivity contribution >= 4 is 28.3 Å². The number of rotatable bonds is 2. The zero-order valence-electron chi connectivity index (χ0n) is 12.7. The molecule has 6 nitrogen and oxygen atoms in total. The average molecular weight is 314 g/mol. The quantitative estimate of drug-likeness (QED) is 0.726. The van der Waals surface area contributed by atoms with Gasteiger partial charge in [0.15, 0.2) is 0 Å². The van der Waals surface area contributed by atoms with Crippen molar-refractivity contribution in [3.8, 4) is 12.3 Å². The van der Waals surface area contributed by atoms with E-state index in [4.69, 9.17) is 12.2 Å². The molecule has 1 radical (unpaired) electrons. The number of primary amides is 1. The summed E-state index contributed by atoms with van der Waals surface area (Å²) in [6.07, 6.45) is 10.7. The lowest BCUT2D eigenvalue weighted by molar-refractivity contribution is 0.0991. The van der Waals surface area contributed by atoms with E-state index in [0.717, 1.165) is 29.6 Å². The Kier molecular flexibility index (Phi) is 3.14. The normalized spacial score (nSPS) is 12.9. The zero-order chi connectivity index (χ0) is 16.7. The molecule has 6 heteroatoms. The molecule has 3 aromatic rings. The molecule has 0 fully saturated rings. The molecule has 2 aromatic heterocycles. The van der Waals surface area contributed by atoms with Crippen molar-refractivity contribution in [1.29, 1.82) is 0 Å². The van der Waals surface area contributed by atoms with Crippen LogP contribution >= 0.6 is 0 Å². The fourth-order valence-electron chi connectivity index (χ4n) is 2.92. The van der Waals surface area contributed by atoms with E-state index in [1.807, 2.05) is 23.1 Å². The number of carbonyl (C=O) groups is 1. The summed E-state index contributed by atoms with van der Waals surface area (Å²) in [5.74, 6) is 2.54. The van der Waals surface area contributed by atoms with Gasteiger partial charge in [-0.1, -0.05) is 12.0 Å². The molecule has 24 heavy (non-hydrogen) atoms. The highest BCUT2D eigenvalue weighted by molar-refractivity contribution is 5.97. The summed E-state index contributed by atoms with van der Waals surface area (Å²) in [6.45, 7) is 0.732. The highest BCUT2D eigenvalue weighted by atomic mass is 16.1. The first kappa shape index (κ1) is 14.2. The second-order valence-corrected chi connectivity index (χ2v) is 5.46. The number of anilines is 2. The van der Waals surface area contributed by atoms with Crippen LogP contribution in [0.3, 0.4) is 0 Å². The third-order valence-electron chi connectivity index (χ3n) is 4.05. The molecule has 0 bridgehead atoms. The van der Waals surface area contributed by atoms with E-state index in [9.17, 15) is 4.79 Å². The number of carbonyl (C=O) groups excluding carboxylic acids is 1. The molecule has 1 amide bonds. The highest BCUT2D eigenvalue weighted by Gasteiger charge is 2.25. The van der Waals surface area contributed by atoms with Gasteiger partial charge in [0, 0.05) is 23.2 Å². The molecule has 4 rings (SSSR count). The van der Waals surface area contributed by atoms with E-state index in [-0.39, 0.29) is 5.82 Å². The fraction of sp³-hybridized carbons (Fsp3) is 0.111. The largest absolute Gasteiger partial charge is 0.363 e. The van der Waals surface area contributed by atoms with E-state index in [2.05, 4.69) is 27.1 Å². The van der Waals surface area contributed by atoms with Crippen molar-refractivity contribution in [3.63, 3.8) is 0 Å². The van der Waals surface area contributed by atoms with Crippen LogP contribution in [0.2, 0.25) is 0 Å². The van der Waals surface area contributed by atoms with Crippen molar-refractivity contribution in [2.45, 2.75) is 6.42 Å². The molecule has 3 heterocycles. The Morgan fingerprint density at radius 2 is 2.25 bits per heavy atom. The maximum Gasteiger partial charge on any atom is 0.286 e. The van der Waals surface area contributed by atoms with Crippen molar-refractivity contribution in [2.24, 2.45) is 5.73 Å². The fourth-order valence-corrected chi connectivity index (χ4v) is 2.92. The molecule has 115 valence electrons. The smallest absolute Gasteiger partial charge is 0.286 e. The van der Waals surface area contributed by atoms with Crippen LogP contribution in [-0.2, 0) is 6.42 Å². The Labute approximate surface area is 138 Å². The molecule has 0 aliphatic carbocycles. The number of benzene rings is 1. The van der Waals surface area contributed by atoms with Crippen LogP contribution in [0.4, 0.5) is 11.5 Å². The maximum absolute atomic E-state index is 11.6. The minimum atomic E-state index is -0.678. The Morgan fingerprint density at radius 3 is 3.04 bits per heavy atom. The molecular formula is C18H12N5O. The molecule has 1 aliphatic heterocycles. The number of hydrogen-bond donors (Lipinski definition) is 1. The Morgan fingerprint density at radius 1 is 1.38 bits per heavy atom. The van der Waals surface area contributed by atoms with Crippen LogP contribution in [0.5, 0.6) is 0 Å². The lowest BCUT2D eigenvalue weighted by Gasteiger charge is -2.20. The topological polar surface area (TPSA) is 85.0 Å². The lowest BCUT2D eigenvalue weighted by atomic mass is 10.1. The average Bonchev–Trinajstić information content (AvgIpc) is 3.03. The first-order valence-electron chi connectivity index (χ1n) is 7.38. The van der Waals surface area contributed by atoms with Crippen molar-refractivity contribution in [1.82, 2.24) is 15.0 Å². The van der Waals surface area contributed by atoms with Gasteiger partial charge in [-0.25, -0.2) is 9.97 Å². The second-order valence-electron chi connectivity index (χ2n) is 5.46. The molecule has 2 N–H and O–H groups in total. The molecule has 0 unspecified atom stereocenters. The standard InChI is InChI=1S/C18H12N5O/c1-2-11-3-4-12-6-8-23(15(12)9-11)18-13-5-7-20-10-14(13)21-17(22-18)16(19)24/h1,3-5,9-10H,6,8H2,(H2,19,24). The van der Waals surface area contributed by atoms with Crippen LogP contribution < -0.4 is 10.6 Å². The van der Waals surface area contributed by atoms with E-state index < -0.39 is 5.91 Å². The summed E-state index contributed by atoms with van der Waals surface area (Å²) in [6, 6.07) is 7.60. The SMILES string of the molecule is C#Cc1ccc2c(c1)N(c1nc(C(N)=O)nc3cn[c]cc13)CC2. The highest BCUT2D eigenvalue weighted by Crippen LogP contribution is 2.37. The van der Waals surface area contributed by atoms with Gasteiger partial charge in [0.1, 0.15) is 5.82 Å². The van der Waals surface area contributed by atoms with E-state index >= 15 is 0 Å². The molecule has 0 spiro atoms. The second kappa shape index (κ2) is 5.32. The third kappa shape index (κ3) is 2.15. The number of nitrogens with two attached hydrogens (primary N) is 1. The Bertz CT molecular complexity index is 1020. The van der Waals surface area contributed by atoms with Gasteiger partial charge in [-0.3, -0.25) is 9.78 Å². The summed E-state index contributed by atoms with van der Waals surface area (Å²) < 4.78 is 0. The number of hydrogen-bond acceptors (Lipinski definition) is 5. The van der Waals surface area contributed by atoms with Crippen LogP contribution in [0.15, 0.2) is 30.5 Å². The van der Waals surface area contributed by atoms with E-state index in [1.165, 1.54) is 5.56 Å². The van der Waals surface area contributed by atoms with Crippen molar-refractivity contribution in [3.05, 3.63) is 53.6 Å². The molecular weight excluding hydrogens is 302 g/mol. The van der Waals surface area contributed by atoms with Gasteiger partial charge >= 0.3 is 0 Å². The van der Waals surface area contributed by atoms with Crippen molar-refractivity contribution < 1.29 is 4.79 Å². The number of terminal acetylenes is 1. The minimum Gasteiger partial charge on any atom is -0.363 e. The molecule has 0 atom stereocenters. The van der Waals surface area contributed by atoms with Gasteiger partial charge < -0.3 is 10.6 Å². The Hall–Kier alpha value is -3.46. The molecule has 1 aliphatic rings. The monoisotopic (exact) mass is 314 g/mol. The first-order valence-corrected chi connectivity index (χ1v) is 7.38. The first-order chi connectivity index (χ1) is 11.7. The van der Waals surface area contributed by atoms with Gasteiger partial charge in [-0.2, -0.15) is 0 Å². The van der Waals surface area contributed by atoms with Gasteiger partial charge in [0.05, 0.1) is 17.9 Å². The van der Waals surface area contributed by atoms with E-state index in [0.29, 0.717) is 11.3 Å². The van der Waals surface area contributed by atoms with Gasteiger partial charge in [0.25, 0.3) is 5.91 Å². The maximum atomic E-state index is 11.6. The summed E-state index contributed by atoms with van der Waals surface area (Å²) >= 11 is 0. The lowest BCUT2D eigenvalue weighted by Crippen LogP contribution is -2.21. The van der Waals surface area contributed by atoms with Gasteiger partial charge in [-0.15, -0.1) is 6.42 Å². The predicted molar refractivity (Wildman–Crippen MR) is 89.8 cm³/mol. The number of nitrogens with zero attached hydrogens (tertiary/aromatic N) is 4. The Balaban J connectivity index is 1.96. The third-order valence-corrected chi connectivity index (χ3v) is 4.05. The summed E-state index contributed by atoms with van der Waals surface area (Å²) in [5, 5.41) is 0.758. The van der Waals surface area contributed by atoms with Crippen LogP contribution in [-0.4, -0.2) is 27.4 Å². The van der Waals surface area contributed by atoms with Crippen LogP contribution in [0, 0.1) is 18.5 Å². The zero-order valence-corrected chi connectivity index (χ0v) is 12.7. The summed E-state index contributed by atoms with van der Waals surface area (Å²) in [4.78, 5) is 26.1. The van der Waals surface area contributed by atoms with Crippen LogP contribution in [0.25, 0.3) is 10.9 Å². The minimum absolute atomic E-state index is 0.0351. The van der Waals surface area contributed by atoms with Crippen molar-refractivity contribution in [2.75, 3.05) is 11.4 Å². The van der Waals surface area contributed by atoms with E-state index in [1.54, 1.807) is 12.3 Å². The number of amides is 1. The predicted octanol–water partition coefficient (Wildman–Crippen LogP) is 1.60. The number of fused-ring (bicyclic) bond motifs is 2. The number of aromatic nitrogens is 3. The molecule has 1 aromatic carbocycles.